The number of carbonyl (C=O) groups excluding carboxylic acids is 1. The summed E-state index contributed by atoms with van der Waals surface area (Å²) in [5.41, 5.74) is 0. The Morgan fingerprint density at radius 2 is 2.18 bits per heavy atom. The topological polar surface area (TPSA) is 83.3 Å². The molecule has 1 atom stereocenters. The fourth-order valence-electron chi connectivity index (χ4n) is 1.87. The van der Waals surface area contributed by atoms with Crippen molar-refractivity contribution in [3.8, 4) is 0 Å². The number of furan rings is 1. The second-order valence-electron chi connectivity index (χ2n) is 5.43. The Hall–Kier alpha value is -1.93. The van der Waals surface area contributed by atoms with Gasteiger partial charge in [-0.1, -0.05) is 25.2 Å². The summed E-state index contributed by atoms with van der Waals surface area (Å²) in [6.45, 7) is 4.51. The van der Waals surface area contributed by atoms with E-state index in [4.69, 9.17) is 4.42 Å². The molecule has 22 heavy (non-hydrogen) atoms. The minimum Gasteiger partial charge on any atom is -0.468 e. The zero-order valence-corrected chi connectivity index (χ0v) is 14.0. The molecule has 2 N–H and O–H groups in total. The van der Waals surface area contributed by atoms with Crippen LogP contribution in [0.1, 0.15) is 36.6 Å². The van der Waals surface area contributed by atoms with Crippen molar-refractivity contribution in [3.63, 3.8) is 0 Å². The molecule has 0 saturated heterocycles. The van der Waals surface area contributed by atoms with Gasteiger partial charge in [0.2, 0.25) is 5.13 Å². The van der Waals surface area contributed by atoms with E-state index in [0.29, 0.717) is 17.6 Å². The highest BCUT2D eigenvalue weighted by Gasteiger charge is 2.18. The van der Waals surface area contributed by atoms with Crippen LogP contribution >= 0.6 is 11.3 Å². The predicted octanol–water partition coefficient (Wildman–Crippen LogP) is 2.68. The van der Waals surface area contributed by atoms with Crippen LogP contribution in [0.3, 0.4) is 0 Å². The smallest absolute Gasteiger partial charge is 0.321 e. The van der Waals surface area contributed by atoms with Crippen molar-refractivity contribution >= 4 is 22.5 Å². The van der Waals surface area contributed by atoms with Crippen LogP contribution in [0.4, 0.5) is 9.93 Å². The molecule has 0 radical (unpaired) electrons. The van der Waals surface area contributed by atoms with Gasteiger partial charge >= 0.3 is 6.03 Å². The predicted molar refractivity (Wildman–Crippen MR) is 86.2 cm³/mol. The standard InChI is InChI=1S/C14H21N5O2S/c1-9(2)12-17-18-14(22-12)16-13(20)15-8-10(19(3)4)11-6-5-7-21-11/h5-7,9-10H,8H2,1-4H3,(H2,15,16,18,20). The highest BCUT2D eigenvalue weighted by molar-refractivity contribution is 7.15. The molecule has 2 heterocycles. The van der Waals surface area contributed by atoms with E-state index < -0.39 is 0 Å². The van der Waals surface area contributed by atoms with E-state index in [-0.39, 0.29) is 12.1 Å². The zero-order chi connectivity index (χ0) is 16.1. The molecule has 8 heteroatoms. The molecular formula is C14H21N5O2S. The summed E-state index contributed by atoms with van der Waals surface area (Å²) in [7, 11) is 3.87. The highest BCUT2D eigenvalue weighted by atomic mass is 32.1. The lowest BCUT2D eigenvalue weighted by molar-refractivity contribution is 0.233. The Labute approximate surface area is 133 Å². The fraction of sp³-hybridized carbons (Fsp3) is 0.500. The van der Waals surface area contributed by atoms with Gasteiger partial charge in [0.25, 0.3) is 0 Å². The molecule has 0 spiro atoms. The lowest BCUT2D eigenvalue weighted by atomic mass is 10.2. The van der Waals surface area contributed by atoms with Crippen LogP contribution < -0.4 is 10.6 Å². The summed E-state index contributed by atoms with van der Waals surface area (Å²) in [6, 6.07) is 3.40. The normalized spacial score (nSPS) is 12.6. The van der Waals surface area contributed by atoms with Crippen molar-refractivity contribution in [2.45, 2.75) is 25.8 Å². The van der Waals surface area contributed by atoms with Gasteiger partial charge in [0.05, 0.1) is 12.3 Å². The number of likely N-dealkylation sites (N-methyl/N-ethyl adjacent to an activating group) is 1. The van der Waals surface area contributed by atoms with Crippen molar-refractivity contribution in [2.24, 2.45) is 0 Å². The zero-order valence-electron chi connectivity index (χ0n) is 13.2. The molecule has 2 rings (SSSR count). The first-order valence-electron chi connectivity index (χ1n) is 7.05. The lowest BCUT2D eigenvalue weighted by Gasteiger charge is -2.22. The third-order valence-corrected chi connectivity index (χ3v) is 4.25. The number of rotatable bonds is 6. The van der Waals surface area contributed by atoms with Gasteiger partial charge in [0.15, 0.2) is 0 Å². The number of nitrogens with zero attached hydrogens (tertiary/aromatic N) is 3. The third-order valence-electron chi connectivity index (χ3n) is 3.11. The van der Waals surface area contributed by atoms with E-state index in [1.807, 2.05) is 45.0 Å². The number of carbonyl (C=O) groups is 1. The molecule has 120 valence electrons. The molecular weight excluding hydrogens is 302 g/mol. The molecule has 0 aromatic carbocycles. The van der Waals surface area contributed by atoms with Gasteiger partial charge < -0.3 is 9.73 Å². The largest absolute Gasteiger partial charge is 0.468 e. The SMILES string of the molecule is CC(C)c1nnc(NC(=O)NCC(c2ccco2)N(C)C)s1. The van der Waals surface area contributed by atoms with E-state index in [0.717, 1.165) is 10.8 Å². The maximum absolute atomic E-state index is 12.0. The van der Waals surface area contributed by atoms with E-state index in [2.05, 4.69) is 20.8 Å². The quantitative estimate of drug-likeness (QED) is 0.854. The van der Waals surface area contributed by atoms with Gasteiger partial charge in [-0.2, -0.15) is 0 Å². The number of anilines is 1. The first-order chi connectivity index (χ1) is 10.5. The highest BCUT2D eigenvalue weighted by Crippen LogP contribution is 2.22. The number of urea groups is 1. The molecule has 1 unspecified atom stereocenters. The molecule has 2 aromatic rings. The number of nitrogens with one attached hydrogen (secondary N) is 2. The van der Waals surface area contributed by atoms with Gasteiger partial charge in [-0.3, -0.25) is 10.2 Å². The molecule has 7 nitrogen and oxygen atoms in total. The summed E-state index contributed by atoms with van der Waals surface area (Å²) in [5, 5.41) is 14.9. The Bertz CT molecular complexity index is 594. The minimum atomic E-state index is -0.301. The van der Waals surface area contributed by atoms with Crippen LogP contribution in [0.15, 0.2) is 22.8 Å². The fourth-order valence-corrected chi connectivity index (χ4v) is 2.61. The molecule has 2 aromatic heterocycles. The van der Waals surface area contributed by atoms with Crippen LogP contribution in [0, 0.1) is 0 Å². The molecule has 0 saturated carbocycles. The Morgan fingerprint density at radius 3 is 2.73 bits per heavy atom. The van der Waals surface area contributed by atoms with E-state index >= 15 is 0 Å². The van der Waals surface area contributed by atoms with Crippen molar-refractivity contribution in [1.82, 2.24) is 20.4 Å². The van der Waals surface area contributed by atoms with Crippen LogP contribution in [-0.4, -0.2) is 41.8 Å². The average molecular weight is 323 g/mol. The van der Waals surface area contributed by atoms with Gasteiger partial charge in [0, 0.05) is 12.5 Å². The third kappa shape index (κ3) is 4.28. The van der Waals surface area contributed by atoms with E-state index in [1.54, 1.807) is 6.26 Å². The second kappa shape index (κ2) is 7.37. The molecule has 0 aliphatic carbocycles. The maximum atomic E-state index is 12.0. The molecule has 0 aliphatic rings. The first kappa shape index (κ1) is 16.4. The number of aromatic nitrogens is 2. The van der Waals surface area contributed by atoms with Crippen LogP contribution in [0.25, 0.3) is 0 Å². The molecule has 0 fully saturated rings. The van der Waals surface area contributed by atoms with E-state index in [1.165, 1.54) is 11.3 Å². The summed E-state index contributed by atoms with van der Waals surface area (Å²) in [5.74, 6) is 1.11. The number of amides is 2. The monoisotopic (exact) mass is 323 g/mol. The summed E-state index contributed by atoms with van der Waals surface area (Å²) in [4.78, 5) is 13.9. The average Bonchev–Trinajstić information content (AvgIpc) is 3.09. The number of hydrogen-bond donors (Lipinski definition) is 2. The number of hydrogen-bond acceptors (Lipinski definition) is 6. The van der Waals surface area contributed by atoms with Gasteiger partial charge in [-0.25, -0.2) is 4.79 Å². The summed E-state index contributed by atoms with van der Waals surface area (Å²) in [6.07, 6.45) is 1.63. The molecule has 2 amide bonds. The van der Waals surface area contributed by atoms with Gasteiger partial charge in [-0.05, 0) is 26.2 Å². The van der Waals surface area contributed by atoms with E-state index in [9.17, 15) is 4.79 Å². The van der Waals surface area contributed by atoms with Crippen LogP contribution in [-0.2, 0) is 0 Å². The Balaban J connectivity index is 1.88. The first-order valence-corrected chi connectivity index (χ1v) is 7.87. The van der Waals surface area contributed by atoms with Crippen molar-refractivity contribution in [2.75, 3.05) is 26.0 Å². The van der Waals surface area contributed by atoms with Crippen LogP contribution in [0.5, 0.6) is 0 Å². The molecule has 0 bridgehead atoms. The Kier molecular flexibility index (Phi) is 5.51. The van der Waals surface area contributed by atoms with Crippen molar-refractivity contribution in [3.05, 3.63) is 29.2 Å². The minimum absolute atomic E-state index is 0.0265. The Morgan fingerprint density at radius 1 is 1.41 bits per heavy atom. The van der Waals surface area contributed by atoms with Crippen LogP contribution in [0.2, 0.25) is 0 Å². The van der Waals surface area contributed by atoms with Gasteiger partial charge in [-0.15, -0.1) is 10.2 Å². The summed E-state index contributed by atoms with van der Waals surface area (Å²) < 4.78 is 5.40. The maximum Gasteiger partial charge on any atom is 0.321 e. The van der Waals surface area contributed by atoms with Crippen molar-refractivity contribution < 1.29 is 9.21 Å². The molecule has 0 aliphatic heterocycles. The lowest BCUT2D eigenvalue weighted by Crippen LogP contribution is -2.36. The van der Waals surface area contributed by atoms with Gasteiger partial charge in [0.1, 0.15) is 10.8 Å². The summed E-state index contributed by atoms with van der Waals surface area (Å²) >= 11 is 1.38. The van der Waals surface area contributed by atoms with Crippen molar-refractivity contribution in [1.29, 1.82) is 0 Å². The second-order valence-corrected chi connectivity index (χ2v) is 6.44.